The summed E-state index contributed by atoms with van der Waals surface area (Å²) in [7, 11) is 1.66. The number of methoxy groups -OCH3 is 1. The fraction of sp³-hybridized carbons (Fsp3) is 0.562. The Balaban J connectivity index is 2.19. The van der Waals surface area contributed by atoms with Gasteiger partial charge in [-0.15, -0.1) is 0 Å². The standard InChI is InChI=1S/C16H25N3O2/c1-21-15-7-6-12(9-17)8-13(15)10-19(11-16(18)20)14-4-2-3-5-14/h6-8,14H,2-5,9-11,17H2,1H3,(H2,18,20). The Labute approximate surface area is 126 Å². The lowest BCUT2D eigenvalue weighted by molar-refractivity contribution is -0.119. The van der Waals surface area contributed by atoms with Crippen LogP contribution in [-0.4, -0.2) is 30.5 Å². The summed E-state index contributed by atoms with van der Waals surface area (Å²) in [5, 5.41) is 0. The van der Waals surface area contributed by atoms with E-state index in [0.717, 1.165) is 29.7 Å². The second-order valence-corrected chi connectivity index (χ2v) is 5.66. The van der Waals surface area contributed by atoms with Gasteiger partial charge >= 0.3 is 0 Å². The number of amides is 1. The van der Waals surface area contributed by atoms with Crippen LogP contribution in [0.1, 0.15) is 36.8 Å². The number of carbonyl (C=O) groups is 1. The molecule has 21 heavy (non-hydrogen) atoms. The molecule has 0 radical (unpaired) electrons. The van der Waals surface area contributed by atoms with Gasteiger partial charge in [0.2, 0.25) is 5.91 Å². The Morgan fingerprint density at radius 1 is 1.38 bits per heavy atom. The molecule has 1 aliphatic carbocycles. The fourth-order valence-electron chi connectivity index (χ4n) is 3.08. The Morgan fingerprint density at radius 3 is 2.67 bits per heavy atom. The maximum atomic E-state index is 11.4. The van der Waals surface area contributed by atoms with Crippen LogP contribution in [0.2, 0.25) is 0 Å². The van der Waals surface area contributed by atoms with Crippen molar-refractivity contribution in [1.82, 2.24) is 4.90 Å². The zero-order valence-electron chi connectivity index (χ0n) is 12.7. The van der Waals surface area contributed by atoms with Crippen LogP contribution in [0.4, 0.5) is 0 Å². The van der Waals surface area contributed by atoms with Crippen LogP contribution in [0.5, 0.6) is 5.75 Å². The highest BCUT2D eigenvalue weighted by Gasteiger charge is 2.24. The van der Waals surface area contributed by atoms with Crippen molar-refractivity contribution in [3.05, 3.63) is 29.3 Å². The van der Waals surface area contributed by atoms with E-state index in [9.17, 15) is 4.79 Å². The lowest BCUT2D eigenvalue weighted by Gasteiger charge is -2.28. The van der Waals surface area contributed by atoms with Gasteiger partial charge in [0.05, 0.1) is 13.7 Å². The van der Waals surface area contributed by atoms with Gasteiger partial charge in [0, 0.05) is 24.7 Å². The van der Waals surface area contributed by atoms with Crippen LogP contribution in [-0.2, 0) is 17.9 Å². The first-order chi connectivity index (χ1) is 10.1. The average molecular weight is 291 g/mol. The van der Waals surface area contributed by atoms with Crippen molar-refractivity contribution in [2.45, 2.75) is 44.8 Å². The smallest absolute Gasteiger partial charge is 0.231 e. The minimum atomic E-state index is -0.282. The summed E-state index contributed by atoms with van der Waals surface area (Å²) in [6.45, 7) is 1.46. The van der Waals surface area contributed by atoms with Crippen molar-refractivity contribution >= 4 is 5.91 Å². The van der Waals surface area contributed by atoms with Crippen molar-refractivity contribution < 1.29 is 9.53 Å². The van der Waals surface area contributed by atoms with Crippen molar-refractivity contribution in [2.75, 3.05) is 13.7 Å². The van der Waals surface area contributed by atoms with Gasteiger partial charge in [0.25, 0.3) is 0 Å². The summed E-state index contributed by atoms with van der Waals surface area (Å²) in [6, 6.07) is 6.40. The van der Waals surface area contributed by atoms with Crippen LogP contribution >= 0.6 is 0 Å². The molecule has 1 amide bonds. The first kappa shape index (κ1) is 15.8. The lowest BCUT2D eigenvalue weighted by atomic mass is 10.1. The minimum Gasteiger partial charge on any atom is -0.496 e. The maximum Gasteiger partial charge on any atom is 0.231 e. The molecule has 0 unspecified atom stereocenters. The molecule has 4 N–H and O–H groups in total. The van der Waals surface area contributed by atoms with Crippen molar-refractivity contribution in [3.63, 3.8) is 0 Å². The van der Waals surface area contributed by atoms with E-state index in [-0.39, 0.29) is 5.91 Å². The van der Waals surface area contributed by atoms with E-state index in [2.05, 4.69) is 11.0 Å². The number of nitrogens with two attached hydrogens (primary N) is 2. The van der Waals surface area contributed by atoms with E-state index in [1.54, 1.807) is 7.11 Å². The first-order valence-corrected chi connectivity index (χ1v) is 7.52. The zero-order valence-corrected chi connectivity index (χ0v) is 12.7. The quantitative estimate of drug-likeness (QED) is 0.795. The SMILES string of the molecule is COc1ccc(CN)cc1CN(CC(N)=O)C1CCCC1. The number of hydrogen-bond acceptors (Lipinski definition) is 4. The molecule has 1 aromatic carbocycles. The molecule has 0 spiro atoms. The van der Waals surface area contributed by atoms with Crippen LogP contribution in [0.3, 0.4) is 0 Å². The normalized spacial score (nSPS) is 15.6. The maximum absolute atomic E-state index is 11.4. The molecular weight excluding hydrogens is 266 g/mol. The van der Waals surface area contributed by atoms with Gasteiger partial charge in [-0.3, -0.25) is 9.69 Å². The average Bonchev–Trinajstić information content (AvgIpc) is 3.00. The second-order valence-electron chi connectivity index (χ2n) is 5.66. The van der Waals surface area contributed by atoms with Gasteiger partial charge < -0.3 is 16.2 Å². The first-order valence-electron chi connectivity index (χ1n) is 7.52. The van der Waals surface area contributed by atoms with E-state index in [4.69, 9.17) is 16.2 Å². The summed E-state index contributed by atoms with van der Waals surface area (Å²) >= 11 is 0. The molecular formula is C16H25N3O2. The number of hydrogen-bond donors (Lipinski definition) is 2. The number of primary amides is 1. The minimum absolute atomic E-state index is 0.282. The van der Waals surface area contributed by atoms with Gasteiger partial charge in [0.1, 0.15) is 5.75 Å². The predicted molar refractivity (Wildman–Crippen MR) is 82.7 cm³/mol. The Kier molecular flexibility index (Phi) is 5.59. The Morgan fingerprint density at radius 2 is 2.10 bits per heavy atom. The molecule has 116 valence electrons. The molecule has 1 saturated carbocycles. The zero-order chi connectivity index (χ0) is 15.2. The summed E-state index contributed by atoms with van der Waals surface area (Å²) < 4.78 is 5.43. The van der Waals surface area contributed by atoms with E-state index >= 15 is 0 Å². The highest BCUT2D eigenvalue weighted by atomic mass is 16.5. The van der Waals surface area contributed by atoms with Crippen molar-refractivity contribution in [3.8, 4) is 5.75 Å². The van der Waals surface area contributed by atoms with E-state index in [1.807, 2.05) is 12.1 Å². The third-order valence-corrected chi connectivity index (χ3v) is 4.15. The number of carbonyl (C=O) groups excluding carboxylic acids is 1. The topological polar surface area (TPSA) is 81.6 Å². The van der Waals surface area contributed by atoms with Crippen LogP contribution in [0.15, 0.2) is 18.2 Å². The molecule has 0 aromatic heterocycles. The summed E-state index contributed by atoms with van der Waals surface area (Å²) in [5.74, 6) is 0.551. The van der Waals surface area contributed by atoms with Crippen molar-refractivity contribution in [2.24, 2.45) is 11.5 Å². The predicted octanol–water partition coefficient (Wildman–Crippen LogP) is 1.38. The summed E-state index contributed by atoms with van der Waals surface area (Å²) in [6.07, 6.45) is 4.71. The van der Waals surface area contributed by atoms with Crippen LogP contribution in [0.25, 0.3) is 0 Å². The molecule has 2 rings (SSSR count). The van der Waals surface area contributed by atoms with E-state index in [1.165, 1.54) is 12.8 Å². The Bertz CT molecular complexity index is 484. The van der Waals surface area contributed by atoms with Gasteiger partial charge in [0.15, 0.2) is 0 Å². The van der Waals surface area contributed by atoms with Gasteiger partial charge in [-0.2, -0.15) is 0 Å². The molecule has 0 heterocycles. The number of nitrogens with zero attached hydrogens (tertiary/aromatic N) is 1. The third kappa shape index (κ3) is 4.19. The fourth-order valence-corrected chi connectivity index (χ4v) is 3.08. The third-order valence-electron chi connectivity index (χ3n) is 4.15. The van der Waals surface area contributed by atoms with Crippen LogP contribution in [0, 0.1) is 0 Å². The highest BCUT2D eigenvalue weighted by molar-refractivity contribution is 5.76. The summed E-state index contributed by atoms with van der Waals surface area (Å²) in [4.78, 5) is 13.5. The molecule has 0 aliphatic heterocycles. The largest absolute Gasteiger partial charge is 0.496 e. The van der Waals surface area contributed by atoms with Gasteiger partial charge in [-0.1, -0.05) is 18.9 Å². The number of rotatable bonds is 7. The molecule has 0 bridgehead atoms. The number of ether oxygens (including phenoxy) is 1. The summed E-state index contributed by atoms with van der Waals surface area (Å²) in [5.41, 5.74) is 13.3. The molecule has 5 nitrogen and oxygen atoms in total. The number of benzene rings is 1. The van der Waals surface area contributed by atoms with E-state index in [0.29, 0.717) is 25.7 Å². The van der Waals surface area contributed by atoms with Gasteiger partial charge in [-0.05, 0) is 30.5 Å². The van der Waals surface area contributed by atoms with E-state index < -0.39 is 0 Å². The molecule has 0 atom stereocenters. The molecule has 1 aromatic rings. The Hall–Kier alpha value is -1.59. The van der Waals surface area contributed by atoms with Crippen molar-refractivity contribution in [1.29, 1.82) is 0 Å². The van der Waals surface area contributed by atoms with Crippen LogP contribution < -0.4 is 16.2 Å². The monoisotopic (exact) mass is 291 g/mol. The highest BCUT2D eigenvalue weighted by Crippen LogP contribution is 2.27. The molecule has 5 heteroatoms. The second kappa shape index (κ2) is 7.43. The van der Waals surface area contributed by atoms with Gasteiger partial charge in [-0.25, -0.2) is 0 Å². The molecule has 0 saturated heterocycles. The molecule has 1 fully saturated rings. The molecule has 1 aliphatic rings. The lowest BCUT2D eigenvalue weighted by Crippen LogP contribution is -2.39.